The number of nitrogens with zero attached hydrogens (tertiary/aromatic N) is 1. The average Bonchev–Trinajstić information content (AvgIpc) is 3.32. The maximum Gasteiger partial charge on any atom is 0.150 e. The molecule has 3 nitrogen and oxygen atoms in total. The van der Waals surface area contributed by atoms with Gasteiger partial charge in [0.25, 0.3) is 0 Å². The lowest BCUT2D eigenvalue weighted by Gasteiger charge is -2.09. The highest BCUT2D eigenvalue weighted by atomic mass is 16.5. The first-order valence-electron chi connectivity index (χ1n) is 13.2. The summed E-state index contributed by atoms with van der Waals surface area (Å²) in [5, 5.41) is 2.54. The molecule has 0 unspecified atom stereocenters. The molecule has 0 aliphatic carbocycles. The third kappa shape index (κ3) is 4.83. The number of fused-ring (bicyclic) bond motifs is 3. The van der Waals surface area contributed by atoms with E-state index in [4.69, 9.17) is 4.74 Å². The molecule has 6 rings (SSSR count). The van der Waals surface area contributed by atoms with Gasteiger partial charge in [0.05, 0.1) is 17.6 Å². The lowest BCUT2D eigenvalue weighted by atomic mass is 10.00. The molecular formula is C35H29NO2. The van der Waals surface area contributed by atoms with Crippen LogP contribution in [0.15, 0.2) is 121 Å². The zero-order valence-corrected chi connectivity index (χ0v) is 21.2. The standard InChI is InChI=1S/C35H29NO2/c37-25-27-15-20-31(21-16-27)38-23-7-6-8-26-13-17-28(18-14-26)29-19-22-35-33(24-29)32-11-4-5-12-34(32)36(35)30-9-2-1-3-10-30/h1-5,9-22,24-25H,6-8,23H2. The number of aryl methyl sites for hydroxylation is 1. The lowest BCUT2D eigenvalue weighted by Crippen LogP contribution is -1.98. The summed E-state index contributed by atoms with van der Waals surface area (Å²) in [7, 11) is 0. The first-order chi connectivity index (χ1) is 18.8. The Morgan fingerprint density at radius 3 is 2.13 bits per heavy atom. The molecule has 38 heavy (non-hydrogen) atoms. The summed E-state index contributed by atoms with van der Waals surface area (Å²) in [6.45, 7) is 0.676. The van der Waals surface area contributed by atoms with Crippen molar-refractivity contribution in [2.75, 3.05) is 6.61 Å². The number of carbonyl (C=O) groups is 1. The number of ether oxygens (including phenoxy) is 1. The molecule has 0 bridgehead atoms. The van der Waals surface area contributed by atoms with Crippen LogP contribution in [0.3, 0.4) is 0 Å². The van der Waals surface area contributed by atoms with E-state index in [1.54, 1.807) is 12.1 Å². The number of hydrogen-bond donors (Lipinski definition) is 0. The van der Waals surface area contributed by atoms with Crippen LogP contribution >= 0.6 is 0 Å². The molecule has 0 saturated carbocycles. The van der Waals surface area contributed by atoms with Gasteiger partial charge < -0.3 is 9.30 Å². The fraction of sp³-hybridized carbons (Fsp3) is 0.114. The number of hydrogen-bond acceptors (Lipinski definition) is 2. The molecule has 0 spiro atoms. The molecule has 1 heterocycles. The van der Waals surface area contributed by atoms with E-state index in [1.807, 2.05) is 12.1 Å². The fourth-order valence-corrected chi connectivity index (χ4v) is 5.14. The number of aldehydes is 1. The third-order valence-corrected chi connectivity index (χ3v) is 7.12. The van der Waals surface area contributed by atoms with Crippen LogP contribution in [-0.4, -0.2) is 17.5 Å². The molecule has 0 radical (unpaired) electrons. The Balaban J connectivity index is 1.15. The number of benzene rings is 5. The molecule has 5 aromatic carbocycles. The van der Waals surface area contributed by atoms with Gasteiger partial charge in [-0.05, 0) is 90.6 Å². The van der Waals surface area contributed by atoms with Crippen molar-refractivity contribution in [3.8, 4) is 22.6 Å². The molecule has 0 aliphatic heterocycles. The lowest BCUT2D eigenvalue weighted by molar-refractivity contribution is 0.112. The van der Waals surface area contributed by atoms with Crippen LogP contribution < -0.4 is 4.74 Å². The average molecular weight is 496 g/mol. The predicted molar refractivity (Wildman–Crippen MR) is 156 cm³/mol. The number of carbonyl (C=O) groups excluding carboxylic acids is 1. The van der Waals surface area contributed by atoms with E-state index in [1.165, 1.54) is 44.2 Å². The molecular weight excluding hydrogens is 466 g/mol. The molecule has 3 heteroatoms. The molecule has 0 fully saturated rings. The minimum atomic E-state index is 0.666. The highest BCUT2D eigenvalue weighted by Crippen LogP contribution is 2.34. The second-order valence-electron chi connectivity index (χ2n) is 9.61. The van der Waals surface area contributed by atoms with E-state index in [-0.39, 0.29) is 0 Å². The van der Waals surface area contributed by atoms with Crippen molar-refractivity contribution in [2.24, 2.45) is 0 Å². The van der Waals surface area contributed by atoms with Crippen molar-refractivity contribution in [3.05, 3.63) is 132 Å². The van der Waals surface area contributed by atoms with Gasteiger partial charge in [-0.3, -0.25) is 4.79 Å². The molecule has 0 aliphatic rings. The van der Waals surface area contributed by atoms with Gasteiger partial charge in [-0.25, -0.2) is 0 Å². The van der Waals surface area contributed by atoms with Gasteiger partial charge in [0.2, 0.25) is 0 Å². The molecule has 0 atom stereocenters. The Morgan fingerprint density at radius 1 is 0.632 bits per heavy atom. The van der Waals surface area contributed by atoms with Gasteiger partial charge in [0.15, 0.2) is 0 Å². The van der Waals surface area contributed by atoms with Gasteiger partial charge >= 0.3 is 0 Å². The SMILES string of the molecule is O=Cc1ccc(OCCCCc2ccc(-c3ccc4c(c3)c3ccccc3n4-c3ccccc3)cc2)cc1. The summed E-state index contributed by atoms with van der Waals surface area (Å²) in [4.78, 5) is 10.8. The largest absolute Gasteiger partial charge is 0.494 e. The minimum absolute atomic E-state index is 0.666. The summed E-state index contributed by atoms with van der Waals surface area (Å²) in [6.07, 6.45) is 3.92. The summed E-state index contributed by atoms with van der Waals surface area (Å²) in [6, 6.07) is 42.2. The highest BCUT2D eigenvalue weighted by molar-refractivity contribution is 6.10. The van der Waals surface area contributed by atoms with Crippen molar-refractivity contribution < 1.29 is 9.53 Å². The van der Waals surface area contributed by atoms with Crippen molar-refractivity contribution in [1.29, 1.82) is 0 Å². The highest BCUT2D eigenvalue weighted by Gasteiger charge is 2.12. The number of unbranched alkanes of at least 4 members (excludes halogenated alkanes) is 1. The third-order valence-electron chi connectivity index (χ3n) is 7.12. The number of para-hydroxylation sites is 2. The second kappa shape index (κ2) is 10.8. The van der Waals surface area contributed by atoms with Gasteiger partial charge in [-0.2, -0.15) is 0 Å². The zero-order chi connectivity index (χ0) is 25.7. The maximum absolute atomic E-state index is 10.8. The van der Waals surface area contributed by atoms with Crippen molar-refractivity contribution in [3.63, 3.8) is 0 Å². The summed E-state index contributed by atoms with van der Waals surface area (Å²) < 4.78 is 8.15. The smallest absolute Gasteiger partial charge is 0.150 e. The van der Waals surface area contributed by atoms with Crippen molar-refractivity contribution >= 4 is 28.1 Å². The van der Waals surface area contributed by atoms with Gasteiger partial charge in [-0.1, -0.05) is 66.7 Å². The van der Waals surface area contributed by atoms with E-state index in [2.05, 4.69) is 102 Å². The molecule has 1 aromatic heterocycles. The first kappa shape index (κ1) is 23.7. The van der Waals surface area contributed by atoms with Gasteiger partial charge in [-0.15, -0.1) is 0 Å². The molecule has 0 amide bonds. The number of rotatable bonds is 9. The fourth-order valence-electron chi connectivity index (χ4n) is 5.14. The van der Waals surface area contributed by atoms with Crippen molar-refractivity contribution in [2.45, 2.75) is 19.3 Å². The van der Waals surface area contributed by atoms with E-state index in [9.17, 15) is 4.79 Å². The van der Waals surface area contributed by atoms with E-state index < -0.39 is 0 Å². The van der Waals surface area contributed by atoms with Crippen LogP contribution in [0.5, 0.6) is 5.75 Å². The van der Waals surface area contributed by atoms with E-state index in [0.29, 0.717) is 12.2 Å². The molecule has 6 aromatic rings. The topological polar surface area (TPSA) is 31.2 Å². The number of aromatic nitrogens is 1. The Hall–Kier alpha value is -4.63. The maximum atomic E-state index is 10.8. The monoisotopic (exact) mass is 495 g/mol. The quantitative estimate of drug-likeness (QED) is 0.148. The van der Waals surface area contributed by atoms with Crippen LogP contribution in [0.2, 0.25) is 0 Å². The zero-order valence-electron chi connectivity index (χ0n) is 21.2. The Kier molecular flexibility index (Phi) is 6.73. The van der Waals surface area contributed by atoms with E-state index >= 15 is 0 Å². The van der Waals surface area contributed by atoms with Gasteiger partial charge in [0, 0.05) is 22.0 Å². The first-order valence-corrected chi connectivity index (χ1v) is 13.2. The second-order valence-corrected chi connectivity index (χ2v) is 9.61. The summed E-state index contributed by atoms with van der Waals surface area (Å²) in [5.41, 5.74) is 8.09. The minimum Gasteiger partial charge on any atom is -0.494 e. The normalized spacial score (nSPS) is 11.2. The van der Waals surface area contributed by atoms with Crippen LogP contribution in [0.25, 0.3) is 38.6 Å². The summed E-state index contributed by atoms with van der Waals surface area (Å²) in [5.74, 6) is 0.809. The molecule has 0 N–H and O–H groups in total. The van der Waals surface area contributed by atoms with Crippen molar-refractivity contribution in [1.82, 2.24) is 4.57 Å². The van der Waals surface area contributed by atoms with Gasteiger partial charge in [0.1, 0.15) is 12.0 Å². The van der Waals surface area contributed by atoms with Crippen LogP contribution in [0, 0.1) is 0 Å². The predicted octanol–water partition coefficient (Wildman–Crippen LogP) is 8.66. The van der Waals surface area contributed by atoms with Crippen LogP contribution in [0.1, 0.15) is 28.8 Å². The molecule has 0 saturated heterocycles. The Labute approximate surface area is 222 Å². The van der Waals surface area contributed by atoms with Crippen LogP contribution in [-0.2, 0) is 6.42 Å². The Bertz CT molecular complexity index is 1680. The van der Waals surface area contributed by atoms with Crippen LogP contribution in [0.4, 0.5) is 0 Å². The Morgan fingerprint density at radius 2 is 1.34 bits per heavy atom. The van der Waals surface area contributed by atoms with E-state index in [0.717, 1.165) is 31.3 Å². The summed E-state index contributed by atoms with van der Waals surface area (Å²) >= 11 is 0. The molecule has 186 valence electrons.